The molecule has 1 amide bonds. The molecule has 0 saturated carbocycles. The van der Waals surface area contributed by atoms with Gasteiger partial charge in [-0.1, -0.05) is 80.4 Å². The van der Waals surface area contributed by atoms with Crippen molar-refractivity contribution >= 4 is 37.4 Å². The van der Waals surface area contributed by atoms with Crippen LogP contribution in [0.4, 0.5) is 0 Å². The van der Waals surface area contributed by atoms with E-state index in [0.29, 0.717) is 41.5 Å². The van der Waals surface area contributed by atoms with Gasteiger partial charge >= 0.3 is 0 Å². The molecule has 9 heteroatoms. The van der Waals surface area contributed by atoms with Crippen LogP contribution in [0.1, 0.15) is 75.0 Å². The van der Waals surface area contributed by atoms with Crippen LogP contribution in [0.25, 0.3) is 0 Å². The third kappa shape index (κ3) is 10.6. The van der Waals surface area contributed by atoms with E-state index in [0.717, 1.165) is 23.1 Å². The predicted octanol–water partition coefficient (Wildman–Crippen LogP) is 8.11. The zero-order valence-corrected chi connectivity index (χ0v) is 29.6. The third-order valence-corrected chi connectivity index (χ3v) is 13.6. The van der Waals surface area contributed by atoms with Crippen LogP contribution in [0.3, 0.4) is 0 Å². The van der Waals surface area contributed by atoms with Crippen molar-refractivity contribution in [2.45, 2.75) is 96.8 Å². The maximum atomic E-state index is 12.5. The van der Waals surface area contributed by atoms with Crippen molar-refractivity contribution in [2.75, 3.05) is 6.54 Å². The molecule has 240 valence electrons. The number of rotatable bonds is 14. The predicted molar refractivity (Wildman–Crippen MR) is 184 cm³/mol. The number of amides is 1. The molecular formula is C35H48Cl2N2O4Si. The van der Waals surface area contributed by atoms with Gasteiger partial charge in [0.15, 0.2) is 8.32 Å². The number of aliphatic hydroxyl groups excluding tert-OH is 1. The van der Waals surface area contributed by atoms with E-state index in [1.54, 1.807) is 18.2 Å². The Labute approximate surface area is 274 Å². The molecule has 3 rings (SSSR count). The molecule has 0 aliphatic carbocycles. The van der Waals surface area contributed by atoms with E-state index in [9.17, 15) is 15.0 Å². The summed E-state index contributed by atoms with van der Waals surface area (Å²) in [5.41, 5.74) is 4.38. The number of benzene rings is 3. The van der Waals surface area contributed by atoms with Crippen molar-refractivity contribution in [3.05, 3.63) is 98.5 Å². The van der Waals surface area contributed by atoms with Crippen molar-refractivity contribution in [3.63, 3.8) is 0 Å². The fourth-order valence-corrected chi connectivity index (χ4v) is 6.33. The van der Waals surface area contributed by atoms with Crippen LogP contribution < -0.4 is 10.6 Å². The van der Waals surface area contributed by atoms with E-state index in [2.05, 4.69) is 76.5 Å². The fraction of sp³-hybridized carbons (Fsp3) is 0.457. The smallest absolute Gasteiger partial charge is 0.220 e. The first-order valence-electron chi connectivity index (χ1n) is 15.1. The Morgan fingerprint density at radius 3 is 2.30 bits per heavy atom. The van der Waals surface area contributed by atoms with Gasteiger partial charge in [0.05, 0.1) is 22.8 Å². The molecule has 44 heavy (non-hydrogen) atoms. The zero-order chi connectivity index (χ0) is 32.7. The molecule has 0 bridgehead atoms. The lowest BCUT2D eigenvalue weighted by molar-refractivity contribution is -0.121. The van der Waals surface area contributed by atoms with Crippen LogP contribution in [0.5, 0.6) is 5.75 Å². The molecule has 0 unspecified atom stereocenters. The molecule has 0 aromatic heterocycles. The van der Waals surface area contributed by atoms with E-state index in [1.807, 2.05) is 24.3 Å². The minimum atomic E-state index is -2.13. The van der Waals surface area contributed by atoms with Crippen LogP contribution >= 0.6 is 23.2 Å². The van der Waals surface area contributed by atoms with Crippen LogP contribution in [-0.2, 0) is 35.2 Å². The minimum Gasteiger partial charge on any atom is -0.508 e. The summed E-state index contributed by atoms with van der Waals surface area (Å²) in [6, 6.07) is 19.1. The van der Waals surface area contributed by atoms with Gasteiger partial charge in [0.2, 0.25) is 5.91 Å². The molecule has 0 heterocycles. The van der Waals surface area contributed by atoms with Gasteiger partial charge < -0.3 is 25.3 Å². The van der Waals surface area contributed by atoms with Crippen molar-refractivity contribution in [1.82, 2.24) is 10.6 Å². The third-order valence-electron chi connectivity index (χ3n) is 8.41. The molecule has 6 nitrogen and oxygen atoms in total. The van der Waals surface area contributed by atoms with Crippen molar-refractivity contribution in [1.29, 1.82) is 0 Å². The summed E-state index contributed by atoms with van der Waals surface area (Å²) in [4.78, 5) is 12.5. The molecule has 0 saturated heterocycles. The number of halogens is 2. The Bertz CT molecular complexity index is 1420. The van der Waals surface area contributed by atoms with Crippen LogP contribution in [0.15, 0.2) is 60.7 Å². The zero-order valence-electron chi connectivity index (χ0n) is 27.1. The highest BCUT2D eigenvalue weighted by atomic mass is 35.5. The van der Waals surface area contributed by atoms with E-state index in [-0.39, 0.29) is 34.9 Å². The number of nitrogens with one attached hydrogen (secondary N) is 2. The summed E-state index contributed by atoms with van der Waals surface area (Å²) < 4.78 is 6.87. The lowest BCUT2D eigenvalue weighted by Crippen LogP contribution is -2.47. The Balaban J connectivity index is 1.63. The average molecular weight is 660 g/mol. The molecule has 3 aromatic carbocycles. The average Bonchev–Trinajstić information content (AvgIpc) is 2.94. The number of carbonyl (C=O) groups is 1. The second kappa shape index (κ2) is 15.3. The number of aliphatic hydroxyl groups is 1. The number of aromatic hydroxyl groups is 1. The Hall–Kier alpha value is -2.39. The SMILES string of the molecule is CC(C)(Cc1cccc(CCC(=O)NCc2ccc(Cl)c(Cl)c2)c1)NC[C@H](O[Si](C)(C)C(C)(C)C)c1ccc(O)c(CO)c1. The molecule has 4 N–H and O–H groups in total. The van der Waals surface area contributed by atoms with Crippen molar-refractivity contribution in [2.24, 2.45) is 0 Å². The lowest BCUT2D eigenvalue weighted by Gasteiger charge is -2.40. The number of phenols is 1. The maximum absolute atomic E-state index is 12.5. The Morgan fingerprint density at radius 2 is 1.64 bits per heavy atom. The first-order valence-corrected chi connectivity index (χ1v) is 18.8. The summed E-state index contributed by atoms with van der Waals surface area (Å²) in [6.45, 7) is 16.2. The second-order valence-electron chi connectivity index (χ2n) is 13.7. The van der Waals surface area contributed by atoms with Crippen LogP contribution in [-0.4, -0.2) is 36.5 Å². The fourth-order valence-electron chi connectivity index (χ4n) is 4.73. The topological polar surface area (TPSA) is 90.8 Å². The molecule has 3 aromatic rings. The Morgan fingerprint density at radius 1 is 0.932 bits per heavy atom. The van der Waals surface area contributed by atoms with E-state index < -0.39 is 8.32 Å². The van der Waals surface area contributed by atoms with Crippen molar-refractivity contribution in [3.8, 4) is 5.75 Å². The number of carbonyl (C=O) groups excluding carboxylic acids is 1. The van der Waals surface area contributed by atoms with Crippen LogP contribution in [0.2, 0.25) is 28.2 Å². The first kappa shape index (κ1) is 36.1. The van der Waals surface area contributed by atoms with Gasteiger partial charge in [-0.2, -0.15) is 0 Å². The van der Waals surface area contributed by atoms with Crippen molar-refractivity contribution < 1.29 is 19.4 Å². The second-order valence-corrected chi connectivity index (χ2v) is 19.3. The number of hydrogen-bond donors (Lipinski definition) is 4. The normalized spacial score (nSPS) is 13.1. The summed E-state index contributed by atoms with van der Waals surface area (Å²) in [7, 11) is -2.13. The summed E-state index contributed by atoms with van der Waals surface area (Å²) in [6.07, 6.45) is 1.58. The monoisotopic (exact) mass is 658 g/mol. The van der Waals surface area contributed by atoms with E-state index >= 15 is 0 Å². The number of aryl methyl sites for hydroxylation is 1. The lowest BCUT2D eigenvalue weighted by atomic mass is 9.92. The molecule has 0 aliphatic heterocycles. The van der Waals surface area contributed by atoms with Crippen LogP contribution in [0, 0.1) is 0 Å². The van der Waals surface area contributed by atoms with E-state index in [1.165, 1.54) is 5.56 Å². The standard InChI is InChI=1S/C35H48Cl2N2O4Si/c1-34(2,3)44(6,7)43-32(27-13-15-31(41)28(19-27)23-40)22-39-35(4,5)20-25-10-8-9-24(17-25)12-16-33(42)38-21-26-11-14-29(36)30(37)18-26/h8-11,13-15,17-19,32,39-41H,12,16,20-23H2,1-7H3,(H,38,42)/t32-/m0/s1. The summed E-state index contributed by atoms with van der Waals surface area (Å²) in [5, 5.41) is 27.6. The molecule has 0 fully saturated rings. The van der Waals surface area contributed by atoms with Gasteiger partial charge in [0.1, 0.15) is 5.75 Å². The van der Waals surface area contributed by atoms with Gasteiger partial charge in [-0.05, 0) is 91.3 Å². The van der Waals surface area contributed by atoms with E-state index in [4.69, 9.17) is 27.6 Å². The molecular weight excluding hydrogens is 611 g/mol. The van der Waals surface area contributed by atoms with Gasteiger partial charge in [0, 0.05) is 30.6 Å². The highest BCUT2D eigenvalue weighted by molar-refractivity contribution is 6.74. The highest BCUT2D eigenvalue weighted by Crippen LogP contribution is 2.40. The molecule has 0 aliphatic rings. The van der Waals surface area contributed by atoms with Gasteiger partial charge in [-0.3, -0.25) is 4.79 Å². The van der Waals surface area contributed by atoms with Gasteiger partial charge in [-0.15, -0.1) is 0 Å². The summed E-state index contributed by atoms with van der Waals surface area (Å²) in [5.74, 6) is 0.0641. The largest absolute Gasteiger partial charge is 0.508 e. The Kier molecular flexibility index (Phi) is 12.5. The molecule has 0 spiro atoms. The number of hydrogen-bond acceptors (Lipinski definition) is 5. The highest BCUT2D eigenvalue weighted by Gasteiger charge is 2.39. The minimum absolute atomic E-state index is 0.0187. The molecule has 1 atom stereocenters. The molecule has 0 radical (unpaired) electrons. The maximum Gasteiger partial charge on any atom is 0.220 e. The van der Waals surface area contributed by atoms with Gasteiger partial charge in [0.25, 0.3) is 0 Å². The van der Waals surface area contributed by atoms with Gasteiger partial charge in [-0.25, -0.2) is 0 Å². The quantitative estimate of drug-likeness (QED) is 0.131. The summed E-state index contributed by atoms with van der Waals surface area (Å²) >= 11 is 12.1. The first-order chi connectivity index (χ1) is 20.5.